The van der Waals surface area contributed by atoms with Crippen LogP contribution in [0.1, 0.15) is 36.8 Å². The van der Waals surface area contributed by atoms with Gasteiger partial charge in [0.2, 0.25) is 0 Å². The van der Waals surface area contributed by atoms with Crippen LogP contribution in [0.25, 0.3) is 0 Å². The third-order valence-electron chi connectivity index (χ3n) is 6.36. The predicted molar refractivity (Wildman–Crippen MR) is 116 cm³/mol. The van der Waals surface area contributed by atoms with Gasteiger partial charge in [-0.1, -0.05) is 31.0 Å². The molecular formula is C24H32N2O3. The molecule has 1 N–H and O–H groups in total. The monoisotopic (exact) mass is 396 g/mol. The van der Waals surface area contributed by atoms with Gasteiger partial charge in [-0.15, -0.1) is 0 Å². The number of nitrogens with one attached hydrogen (secondary N) is 1. The van der Waals surface area contributed by atoms with E-state index in [1.54, 1.807) is 14.2 Å². The van der Waals surface area contributed by atoms with Gasteiger partial charge in [0.05, 0.1) is 27.4 Å². The second kappa shape index (κ2) is 9.06. The van der Waals surface area contributed by atoms with Crippen LogP contribution in [0.2, 0.25) is 0 Å². The number of anilines is 1. The average Bonchev–Trinajstić information content (AvgIpc) is 3.28. The van der Waals surface area contributed by atoms with Gasteiger partial charge >= 0.3 is 0 Å². The van der Waals surface area contributed by atoms with E-state index in [1.807, 2.05) is 0 Å². The predicted octanol–water partition coefficient (Wildman–Crippen LogP) is 4.10. The molecule has 4 rings (SSSR count). The van der Waals surface area contributed by atoms with E-state index in [9.17, 15) is 0 Å². The van der Waals surface area contributed by atoms with Gasteiger partial charge in [-0.05, 0) is 36.6 Å². The van der Waals surface area contributed by atoms with Crippen molar-refractivity contribution in [1.29, 1.82) is 0 Å². The maximum absolute atomic E-state index is 5.75. The number of hydrogen-bond donors (Lipinski definition) is 1. The summed E-state index contributed by atoms with van der Waals surface area (Å²) in [6.45, 7) is 4.23. The molecule has 2 aromatic carbocycles. The average molecular weight is 397 g/mol. The fraction of sp³-hybridized carbons (Fsp3) is 0.500. The quantitative estimate of drug-likeness (QED) is 0.763. The summed E-state index contributed by atoms with van der Waals surface area (Å²) in [5.41, 5.74) is 3.78. The third-order valence-corrected chi connectivity index (χ3v) is 6.36. The van der Waals surface area contributed by atoms with Gasteiger partial charge in [0.25, 0.3) is 0 Å². The van der Waals surface area contributed by atoms with Gasteiger partial charge < -0.3 is 24.4 Å². The molecular weight excluding hydrogens is 364 g/mol. The molecule has 0 atom stereocenters. The van der Waals surface area contributed by atoms with Gasteiger partial charge in [0, 0.05) is 42.5 Å². The Bertz CT molecular complexity index is 794. The van der Waals surface area contributed by atoms with Crippen molar-refractivity contribution >= 4 is 5.69 Å². The van der Waals surface area contributed by atoms with E-state index in [0.717, 1.165) is 57.2 Å². The lowest BCUT2D eigenvalue weighted by Gasteiger charge is -2.32. The lowest BCUT2D eigenvalue weighted by molar-refractivity contribution is 0.122. The second-order valence-electron chi connectivity index (χ2n) is 7.97. The van der Waals surface area contributed by atoms with Crippen LogP contribution in [-0.4, -0.2) is 40.5 Å². The van der Waals surface area contributed by atoms with E-state index in [4.69, 9.17) is 14.2 Å². The lowest BCUT2D eigenvalue weighted by atomic mass is 9.87. The van der Waals surface area contributed by atoms with Gasteiger partial charge in [-0.2, -0.15) is 0 Å². The Morgan fingerprint density at radius 3 is 2.34 bits per heavy atom. The Hall–Kier alpha value is -2.24. The Morgan fingerprint density at radius 1 is 0.966 bits per heavy atom. The number of nitrogens with zero attached hydrogens (tertiary/aromatic N) is 1. The van der Waals surface area contributed by atoms with Crippen LogP contribution in [0.5, 0.6) is 11.5 Å². The zero-order valence-electron chi connectivity index (χ0n) is 17.6. The molecule has 29 heavy (non-hydrogen) atoms. The molecule has 0 aromatic heterocycles. The summed E-state index contributed by atoms with van der Waals surface area (Å²) in [5.74, 6) is 1.85. The molecule has 2 aromatic rings. The van der Waals surface area contributed by atoms with Crippen molar-refractivity contribution < 1.29 is 14.2 Å². The zero-order valence-corrected chi connectivity index (χ0v) is 17.6. The minimum atomic E-state index is 0.0279. The van der Waals surface area contributed by atoms with Crippen molar-refractivity contribution in [3.05, 3.63) is 53.6 Å². The SMILES string of the molecule is COc1ccc(C2(NCc3ccc(N4CCOCC4)cc3OC)CCCC2)cc1. The summed E-state index contributed by atoms with van der Waals surface area (Å²) in [6, 6.07) is 15.1. The van der Waals surface area contributed by atoms with Crippen molar-refractivity contribution in [2.75, 3.05) is 45.4 Å². The van der Waals surface area contributed by atoms with E-state index >= 15 is 0 Å². The Balaban J connectivity index is 1.51. The fourth-order valence-electron chi connectivity index (χ4n) is 4.62. The summed E-state index contributed by atoms with van der Waals surface area (Å²) >= 11 is 0. The van der Waals surface area contributed by atoms with Crippen molar-refractivity contribution in [2.24, 2.45) is 0 Å². The van der Waals surface area contributed by atoms with Crippen LogP contribution in [0.3, 0.4) is 0 Å². The van der Waals surface area contributed by atoms with Crippen LogP contribution in [0.15, 0.2) is 42.5 Å². The fourth-order valence-corrected chi connectivity index (χ4v) is 4.62. The maximum Gasteiger partial charge on any atom is 0.125 e. The first-order valence-corrected chi connectivity index (χ1v) is 10.6. The van der Waals surface area contributed by atoms with Crippen LogP contribution in [0, 0.1) is 0 Å². The van der Waals surface area contributed by atoms with Crippen LogP contribution >= 0.6 is 0 Å². The maximum atomic E-state index is 5.75. The van der Waals surface area contributed by atoms with Crippen LogP contribution in [0.4, 0.5) is 5.69 Å². The highest BCUT2D eigenvalue weighted by molar-refractivity contribution is 5.54. The largest absolute Gasteiger partial charge is 0.497 e. The topological polar surface area (TPSA) is 43.0 Å². The highest BCUT2D eigenvalue weighted by Crippen LogP contribution is 2.40. The highest BCUT2D eigenvalue weighted by Gasteiger charge is 2.35. The summed E-state index contributed by atoms with van der Waals surface area (Å²) in [5, 5.41) is 3.88. The van der Waals surface area contributed by atoms with Crippen molar-refractivity contribution in [3.63, 3.8) is 0 Å². The molecule has 0 bridgehead atoms. The number of hydrogen-bond acceptors (Lipinski definition) is 5. The second-order valence-corrected chi connectivity index (χ2v) is 7.97. The van der Waals surface area contributed by atoms with Crippen LogP contribution < -0.4 is 19.7 Å². The Kier molecular flexibility index (Phi) is 6.26. The first-order chi connectivity index (χ1) is 14.2. The molecule has 5 nitrogen and oxygen atoms in total. The molecule has 0 unspecified atom stereocenters. The Labute approximate surface area is 174 Å². The van der Waals surface area contributed by atoms with Gasteiger partial charge in [-0.3, -0.25) is 0 Å². The van der Waals surface area contributed by atoms with Gasteiger partial charge in [-0.25, -0.2) is 0 Å². The summed E-state index contributed by atoms with van der Waals surface area (Å²) in [6.07, 6.45) is 4.83. The van der Waals surface area contributed by atoms with E-state index in [-0.39, 0.29) is 5.54 Å². The number of rotatable bonds is 7. The number of benzene rings is 2. The molecule has 1 saturated carbocycles. The van der Waals surface area contributed by atoms with E-state index in [1.165, 1.54) is 29.7 Å². The molecule has 1 heterocycles. The standard InChI is InChI=1S/C24H32N2O3/c1-27-22-9-6-20(7-10-22)24(11-3-4-12-24)25-18-19-5-8-21(17-23(19)28-2)26-13-15-29-16-14-26/h5-10,17,25H,3-4,11-16,18H2,1-2H3. The van der Waals surface area contributed by atoms with Gasteiger partial charge in [0.1, 0.15) is 11.5 Å². The Morgan fingerprint density at radius 2 is 1.69 bits per heavy atom. The van der Waals surface area contributed by atoms with Crippen molar-refractivity contribution in [2.45, 2.75) is 37.8 Å². The van der Waals surface area contributed by atoms with E-state index < -0.39 is 0 Å². The lowest BCUT2D eigenvalue weighted by Crippen LogP contribution is -2.39. The normalized spacial score (nSPS) is 18.6. The molecule has 5 heteroatoms. The molecule has 0 amide bonds. The highest BCUT2D eigenvalue weighted by atomic mass is 16.5. The van der Waals surface area contributed by atoms with E-state index in [2.05, 4.69) is 52.7 Å². The smallest absolute Gasteiger partial charge is 0.125 e. The third kappa shape index (κ3) is 4.36. The number of methoxy groups -OCH3 is 2. The molecule has 0 spiro atoms. The van der Waals surface area contributed by atoms with Crippen molar-refractivity contribution in [1.82, 2.24) is 5.32 Å². The first kappa shape index (κ1) is 20.0. The molecule has 1 saturated heterocycles. The molecule has 0 radical (unpaired) electrons. The summed E-state index contributed by atoms with van der Waals surface area (Å²) in [4.78, 5) is 2.36. The molecule has 2 fully saturated rings. The molecule has 1 aliphatic heterocycles. The zero-order chi connectivity index (χ0) is 20.1. The summed E-state index contributed by atoms with van der Waals surface area (Å²) in [7, 11) is 3.47. The van der Waals surface area contributed by atoms with Crippen LogP contribution in [-0.2, 0) is 16.8 Å². The van der Waals surface area contributed by atoms with Gasteiger partial charge in [0.15, 0.2) is 0 Å². The molecule has 2 aliphatic rings. The minimum absolute atomic E-state index is 0.0279. The first-order valence-electron chi connectivity index (χ1n) is 10.6. The minimum Gasteiger partial charge on any atom is -0.497 e. The number of ether oxygens (including phenoxy) is 3. The van der Waals surface area contributed by atoms with E-state index in [0.29, 0.717) is 0 Å². The molecule has 1 aliphatic carbocycles. The molecule has 156 valence electrons. The van der Waals surface area contributed by atoms with Crippen molar-refractivity contribution in [3.8, 4) is 11.5 Å². The number of morpholine rings is 1. The summed E-state index contributed by atoms with van der Waals surface area (Å²) < 4.78 is 16.6.